The molecule has 3 nitrogen and oxygen atoms in total. The van der Waals surface area contributed by atoms with Crippen molar-refractivity contribution in [3.05, 3.63) is 0 Å². The lowest BCUT2D eigenvalue weighted by molar-refractivity contribution is -0.127. The monoisotopic (exact) mass is 180 g/mol. The molecule has 0 bridgehead atoms. The van der Waals surface area contributed by atoms with Gasteiger partial charge in [0.15, 0.2) is 0 Å². The molecule has 0 radical (unpaired) electrons. The Morgan fingerprint density at radius 2 is 2.46 bits per heavy atom. The van der Waals surface area contributed by atoms with Crippen LogP contribution in [0.3, 0.4) is 0 Å². The number of likely N-dealkylation sites (tertiary alicyclic amines) is 1. The standard InChI is InChI=1S/C10H16N2O/c1-3-5-6-11-9-7-10(13)12(4-2)8-9/h9,11H,4,6-8H2,1-2H3. The third-order valence-corrected chi connectivity index (χ3v) is 2.25. The molecule has 1 heterocycles. The van der Waals surface area contributed by atoms with E-state index in [2.05, 4.69) is 17.2 Å². The van der Waals surface area contributed by atoms with E-state index in [0.717, 1.165) is 13.1 Å². The van der Waals surface area contributed by atoms with Crippen LogP contribution in [-0.2, 0) is 4.79 Å². The molecule has 0 aromatic heterocycles. The van der Waals surface area contributed by atoms with Crippen LogP contribution in [0.4, 0.5) is 0 Å². The van der Waals surface area contributed by atoms with Crippen molar-refractivity contribution in [2.45, 2.75) is 26.3 Å². The molecule has 1 unspecified atom stereocenters. The van der Waals surface area contributed by atoms with Gasteiger partial charge in [0.05, 0.1) is 6.54 Å². The molecule has 0 spiro atoms. The average Bonchev–Trinajstić information content (AvgIpc) is 2.47. The van der Waals surface area contributed by atoms with Crippen LogP contribution in [0.2, 0.25) is 0 Å². The Hall–Kier alpha value is -1.01. The fourth-order valence-corrected chi connectivity index (χ4v) is 1.50. The highest BCUT2D eigenvalue weighted by molar-refractivity contribution is 5.79. The van der Waals surface area contributed by atoms with Crippen LogP contribution >= 0.6 is 0 Å². The van der Waals surface area contributed by atoms with E-state index in [1.807, 2.05) is 18.7 Å². The summed E-state index contributed by atoms with van der Waals surface area (Å²) in [6, 6.07) is 0.299. The molecule has 1 aliphatic heterocycles. The Morgan fingerprint density at radius 3 is 3.00 bits per heavy atom. The molecule has 1 N–H and O–H groups in total. The quantitative estimate of drug-likeness (QED) is 0.630. The van der Waals surface area contributed by atoms with Crippen LogP contribution < -0.4 is 5.32 Å². The van der Waals surface area contributed by atoms with Crippen LogP contribution in [0.5, 0.6) is 0 Å². The molecule has 1 aliphatic rings. The predicted molar refractivity (Wildman–Crippen MR) is 52.1 cm³/mol. The van der Waals surface area contributed by atoms with E-state index >= 15 is 0 Å². The van der Waals surface area contributed by atoms with Gasteiger partial charge in [0.1, 0.15) is 0 Å². The number of amides is 1. The van der Waals surface area contributed by atoms with E-state index in [9.17, 15) is 4.79 Å². The van der Waals surface area contributed by atoms with Crippen molar-refractivity contribution in [3.8, 4) is 11.8 Å². The zero-order chi connectivity index (χ0) is 9.68. The Kier molecular flexibility index (Phi) is 3.78. The van der Waals surface area contributed by atoms with Gasteiger partial charge in [-0.25, -0.2) is 0 Å². The molecule has 72 valence electrons. The maximum Gasteiger partial charge on any atom is 0.224 e. The first kappa shape index (κ1) is 10.1. The molecular weight excluding hydrogens is 164 g/mol. The van der Waals surface area contributed by atoms with Crippen LogP contribution in [0.15, 0.2) is 0 Å². The van der Waals surface area contributed by atoms with E-state index in [4.69, 9.17) is 0 Å². The van der Waals surface area contributed by atoms with Gasteiger partial charge in [-0.3, -0.25) is 4.79 Å². The molecule has 1 saturated heterocycles. The molecule has 1 fully saturated rings. The number of nitrogens with one attached hydrogen (secondary N) is 1. The summed E-state index contributed by atoms with van der Waals surface area (Å²) >= 11 is 0. The van der Waals surface area contributed by atoms with Gasteiger partial charge >= 0.3 is 0 Å². The van der Waals surface area contributed by atoms with Crippen molar-refractivity contribution < 1.29 is 4.79 Å². The fraction of sp³-hybridized carbons (Fsp3) is 0.700. The number of likely N-dealkylation sites (N-methyl/N-ethyl adjacent to an activating group) is 1. The lowest BCUT2D eigenvalue weighted by Gasteiger charge is -2.13. The summed E-state index contributed by atoms with van der Waals surface area (Å²) < 4.78 is 0. The minimum absolute atomic E-state index is 0.254. The SMILES string of the molecule is CC#CCNC1CC(=O)N(CC)C1. The molecule has 1 atom stereocenters. The number of carbonyl (C=O) groups is 1. The van der Waals surface area contributed by atoms with Crippen LogP contribution in [0, 0.1) is 11.8 Å². The Balaban J connectivity index is 2.30. The average molecular weight is 180 g/mol. The van der Waals surface area contributed by atoms with Gasteiger partial charge in [-0.2, -0.15) is 0 Å². The van der Waals surface area contributed by atoms with Gasteiger partial charge < -0.3 is 10.2 Å². The topological polar surface area (TPSA) is 32.3 Å². The van der Waals surface area contributed by atoms with Gasteiger partial charge in [-0.05, 0) is 13.8 Å². The number of nitrogens with zero attached hydrogens (tertiary/aromatic N) is 1. The number of rotatable bonds is 3. The molecule has 0 aromatic carbocycles. The Bertz CT molecular complexity index is 239. The third kappa shape index (κ3) is 2.74. The summed E-state index contributed by atoms with van der Waals surface area (Å²) in [5.41, 5.74) is 0. The number of carbonyl (C=O) groups excluding carboxylic acids is 1. The molecule has 13 heavy (non-hydrogen) atoms. The van der Waals surface area contributed by atoms with Crippen molar-refractivity contribution >= 4 is 5.91 Å². The summed E-state index contributed by atoms with van der Waals surface area (Å²) in [7, 11) is 0. The van der Waals surface area contributed by atoms with E-state index in [-0.39, 0.29) is 5.91 Å². The minimum Gasteiger partial charge on any atom is -0.341 e. The van der Waals surface area contributed by atoms with E-state index < -0.39 is 0 Å². The molecule has 1 rings (SSSR count). The lowest BCUT2D eigenvalue weighted by atomic mass is 10.2. The second-order valence-electron chi connectivity index (χ2n) is 3.14. The van der Waals surface area contributed by atoms with Gasteiger partial charge in [0.2, 0.25) is 5.91 Å². The maximum atomic E-state index is 11.3. The summed E-state index contributed by atoms with van der Waals surface area (Å²) in [5, 5.41) is 3.24. The summed E-state index contributed by atoms with van der Waals surface area (Å²) in [4.78, 5) is 13.2. The third-order valence-electron chi connectivity index (χ3n) is 2.25. The summed E-state index contributed by atoms with van der Waals surface area (Å²) in [6.07, 6.45) is 0.624. The largest absolute Gasteiger partial charge is 0.341 e. The lowest BCUT2D eigenvalue weighted by Crippen LogP contribution is -2.32. The van der Waals surface area contributed by atoms with Crippen molar-refractivity contribution in [2.75, 3.05) is 19.6 Å². The van der Waals surface area contributed by atoms with Gasteiger partial charge in [0.25, 0.3) is 0 Å². The Morgan fingerprint density at radius 1 is 1.69 bits per heavy atom. The molecule has 1 amide bonds. The normalized spacial score (nSPS) is 21.5. The maximum absolute atomic E-state index is 11.3. The van der Waals surface area contributed by atoms with Crippen molar-refractivity contribution in [1.82, 2.24) is 10.2 Å². The van der Waals surface area contributed by atoms with Crippen LogP contribution in [0.1, 0.15) is 20.3 Å². The van der Waals surface area contributed by atoms with E-state index in [1.165, 1.54) is 0 Å². The second kappa shape index (κ2) is 4.88. The molecule has 0 aliphatic carbocycles. The molecule has 0 aromatic rings. The summed E-state index contributed by atoms with van der Waals surface area (Å²) in [5.74, 6) is 6.00. The first-order valence-electron chi connectivity index (χ1n) is 4.68. The van der Waals surface area contributed by atoms with Crippen molar-refractivity contribution in [2.24, 2.45) is 0 Å². The molecule has 3 heteroatoms. The van der Waals surface area contributed by atoms with Crippen LogP contribution in [0.25, 0.3) is 0 Å². The highest BCUT2D eigenvalue weighted by Crippen LogP contribution is 2.09. The van der Waals surface area contributed by atoms with Crippen molar-refractivity contribution in [3.63, 3.8) is 0 Å². The van der Waals surface area contributed by atoms with Gasteiger partial charge in [-0.15, -0.1) is 5.92 Å². The predicted octanol–water partition coefficient (Wildman–Crippen LogP) is 0.220. The van der Waals surface area contributed by atoms with Crippen LogP contribution in [-0.4, -0.2) is 36.5 Å². The summed E-state index contributed by atoms with van der Waals surface area (Å²) in [6.45, 7) is 6.16. The van der Waals surface area contributed by atoms with Crippen molar-refractivity contribution in [1.29, 1.82) is 0 Å². The molecule has 0 saturated carbocycles. The first-order chi connectivity index (χ1) is 6.27. The molecular formula is C10H16N2O. The fourth-order valence-electron chi connectivity index (χ4n) is 1.50. The van der Waals surface area contributed by atoms with E-state index in [1.54, 1.807) is 0 Å². The minimum atomic E-state index is 0.254. The highest BCUT2D eigenvalue weighted by atomic mass is 16.2. The van der Waals surface area contributed by atoms with E-state index in [0.29, 0.717) is 19.0 Å². The highest BCUT2D eigenvalue weighted by Gasteiger charge is 2.27. The first-order valence-corrected chi connectivity index (χ1v) is 4.68. The number of hydrogen-bond donors (Lipinski definition) is 1. The zero-order valence-electron chi connectivity index (χ0n) is 8.26. The Labute approximate surface area is 79.5 Å². The number of hydrogen-bond acceptors (Lipinski definition) is 2. The second-order valence-corrected chi connectivity index (χ2v) is 3.14. The zero-order valence-corrected chi connectivity index (χ0v) is 8.26. The van der Waals surface area contributed by atoms with Gasteiger partial charge in [-0.1, -0.05) is 5.92 Å². The van der Waals surface area contributed by atoms with Gasteiger partial charge in [0, 0.05) is 25.6 Å². The smallest absolute Gasteiger partial charge is 0.224 e.